The summed E-state index contributed by atoms with van der Waals surface area (Å²) in [5.74, 6) is 0. The lowest BCUT2D eigenvalue weighted by Crippen LogP contribution is -2.40. The number of nitrogens with one attached hydrogen (secondary N) is 1. The van der Waals surface area contributed by atoms with Crippen LogP contribution in [0, 0.1) is 0 Å². The Morgan fingerprint density at radius 2 is 1.67 bits per heavy atom. The molecule has 0 radical (unpaired) electrons. The fraction of sp³-hybridized carbons (Fsp3) is 1.00. The number of rotatable bonds is 3. The molecule has 0 aliphatic heterocycles. The molecule has 1 aliphatic carbocycles. The van der Waals surface area contributed by atoms with Gasteiger partial charge in [0.05, 0.1) is 6.10 Å². The van der Waals surface area contributed by atoms with E-state index in [2.05, 4.69) is 10.1 Å². The molecule has 0 aromatic rings. The third-order valence-corrected chi connectivity index (χ3v) is 2.54. The highest BCUT2D eigenvalue weighted by Gasteiger charge is 2.35. The number of hydrogen-bond donors (Lipinski definition) is 1. The first kappa shape index (κ1) is 12.8. The minimum absolute atomic E-state index is 0.345. The third kappa shape index (κ3) is 5.37. The number of ether oxygens (including phenoxy) is 1. The standard InChI is InChI=1S/C10H18F3NO/c1-7(2)14-8-3-5-9(6-4-8)15-10(11,12)13/h7-9,14H,3-6H2,1-2H3. The average Bonchev–Trinajstić information content (AvgIpc) is 2.05. The normalized spacial score (nSPS) is 28.4. The molecule has 0 heterocycles. The third-order valence-electron chi connectivity index (χ3n) is 2.54. The Bertz CT molecular complexity index is 186. The summed E-state index contributed by atoms with van der Waals surface area (Å²) < 4.78 is 39.7. The van der Waals surface area contributed by atoms with Gasteiger partial charge in [-0.15, -0.1) is 13.2 Å². The van der Waals surface area contributed by atoms with E-state index in [0.29, 0.717) is 24.9 Å². The van der Waals surface area contributed by atoms with Crippen molar-refractivity contribution in [3.63, 3.8) is 0 Å². The van der Waals surface area contributed by atoms with Gasteiger partial charge in [0.25, 0.3) is 0 Å². The van der Waals surface area contributed by atoms with Crippen LogP contribution in [0.4, 0.5) is 13.2 Å². The molecular formula is C10H18F3NO. The SMILES string of the molecule is CC(C)NC1CCC(OC(F)(F)F)CC1. The molecule has 0 unspecified atom stereocenters. The zero-order chi connectivity index (χ0) is 11.5. The van der Waals surface area contributed by atoms with Crippen molar-refractivity contribution >= 4 is 0 Å². The molecule has 5 heteroatoms. The molecular weight excluding hydrogens is 207 g/mol. The van der Waals surface area contributed by atoms with Crippen LogP contribution in [0.25, 0.3) is 0 Å². The topological polar surface area (TPSA) is 21.3 Å². The van der Waals surface area contributed by atoms with Gasteiger partial charge in [-0.1, -0.05) is 13.8 Å². The molecule has 1 rings (SSSR count). The summed E-state index contributed by atoms with van der Waals surface area (Å²) in [6.45, 7) is 4.08. The van der Waals surface area contributed by atoms with Crippen molar-refractivity contribution in [3.8, 4) is 0 Å². The van der Waals surface area contributed by atoms with E-state index in [-0.39, 0.29) is 0 Å². The van der Waals surface area contributed by atoms with Crippen molar-refractivity contribution in [2.24, 2.45) is 0 Å². The maximum absolute atomic E-state index is 11.9. The largest absolute Gasteiger partial charge is 0.522 e. The van der Waals surface area contributed by atoms with E-state index in [0.717, 1.165) is 12.8 Å². The van der Waals surface area contributed by atoms with Crippen molar-refractivity contribution in [3.05, 3.63) is 0 Å². The first-order valence-electron chi connectivity index (χ1n) is 5.37. The van der Waals surface area contributed by atoms with Crippen LogP contribution in [-0.2, 0) is 4.74 Å². The van der Waals surface area contributed by atoms with Crippen molar-refractivity contribution in [2.75, 3.05) is 0 Å². The molecule has 2 nitrogen and oxygen atoms in total. The molecule has 1 aliphatic rings. The van der Waals surface area contributed by atoms with Gasteiger partial charge in [-0.3, -0.25) is 4.74 Å². The Labute approximate surface area is 88.2 Å². The molecule has 0 atom stereocenters. The van der Waals surface area contributed by atoms with Crippen LogP contribution in [0.1, 0.15) is 39.5 Å². The highest BCUT2D eigenvalue weighted by molar-refractivity contribution is 4.78. The zero-order valence-corrected chi connectivity index (χ0v) is 9.10. The van der Waals surface area contributed by atoms with E-state index in [1.54, 1.807) is 0 Å². The predicted octanol–water partition coefficient (Wildman–Crippen LogP) is 2.83. The number of halogens is 3. The second kappa shape index (κ2) is 5.16. The summed E-state index contributed by atoms with van der Waals surface area (Å²) in [6, 6.07) is 0.730. The molecule has 0 aromatic carbocycles. The van der Waals surface area contributed by atoms with Gasteiger partial charge in [0.1, 0.15) is 0 Å². The van der Waals surface area contributed by atoms with Crippen molar-refractivity contribution in [1.29, 1.82) is 0 Å². The lowest BCUT2D eigenvalue weighted by molar-refractivity contribution is -0.345. The van der Waals surface area contributed by atoms with E-state index in [4.69, 9.17) is 0 Å². The summed E-state index contributed by atoms with van der Waals surface area (Å²) >= 11 is 0. The first-order chi connectivity index (χ1) is 6.87. The summed E-state index contributed by atoms with van der Waals surface area (Å²) in [5, 5.41) is 3.33. The fourth-order valence-electron chi connectivity index (χ4n) is 2.01. The van der Waals surface area contributed by atoms with Gasteiger partial charge in [-0.25, -0.2) is 0 Å². The van der Waals surface area contributed by atoms with Crippen LogP contribution in [0.3, 0.4) is 0 Å². The Morgan fingerprint density at radius 3 is 2.07 bits per heavy atom. The Morgan fingerprint density at radius 1 is 1.13 bits per heavy atom. The molecule has 15 heavy (non-hydrogen) atoms. The van der Waals surface area contributed by atoms with Gasteiger partial charge in [0.2, 0.25) is 0 Å². The van der Waals surface area contributed by atoms with Crippen LogP contribution < -0.4 is 5.32 Å². The maximum Gasteiger partial charge on any atom is 0.522 e. The van der Waals surface area contributed by atoms with Crippen LogP contribution in [-0.4, -0.2) is 24.6 Å². The molecule has 0 amide bonds. The molecule has 0 aromatic heterocycles. The van der Waals surface area contributed by atoms with Crippen LogP contribution >= 0.6 is 0 Å². The summed E-state index contributed by atoms with van der Waals surface area (Å²) in [4.78, 5) is 0. The van der Waals surface area contributed by atoms with E-state index < -0.39 is 12.5 Å². The molecule has 0 saturated heterocycles. The second-order valence-corrected chi connectivity index (χ2v) is 4.36. The molecule has 1 N–H and O–H groups in total. The van der Waals surface area contributed by atoms with Gasteiger partial charge in [-0.2, -0.15) is 0 Å². The van der Waals surface area contributed by atoms with Crippen molar-refractivity contribution in [2.45, 2.75) is 64.1 Å². The van der Waals surface area contributed by atoms with Gasteiger partial charge in [0.15, 0.2) is 0 Å². The quantitative estimate of drug-likeness (QED) is 0.797. The fourth-order valence-corrected chi connectivity index (χ4v) is 2.01. The van der Waals surface area contributed by atoms with Crippen molar-refractivity contribution < 1.29 is 17.9 Å². The van der Waals surface area contributed by atoms with E-state index in [1.807, 2.05) is 13.8 Å². The molecule has 1 fully saturated rings. The van der Waals surface area contributed by atoms with Gasteiger partial charge >= 0.3 is 6.36 Å². The average molecular weight is 225 g/mol. The second-order valence-electron chi connectivity index (χ2n) is 4.36. The maximum atomic E-state index is 11.9. The van der Waals surface area contributed by atoms with E-state index in [1.165, 1.54) is 0 Å². The van der Waals surface area contributed by atoms with Gasteiger partial charge in [0, 0.05) is 12.1 Å². The van der Waals surface area contributed by atoms with Gasteiger partial charge in [-0.05, 0) is 25.7 Å². The number of alkyl halides is 3. The summed E-state index contributed by atoms with van der Waals surface area (Å²) in [7, 11) is 0. The highest BCUT2D eigenvalue weighted by Crippen LogP contribution is 2.28. The molecule has 90 valence electrons. The van der Waals surface area contributed by atoms with Crippen molar-refractivity contribution in [1.82, 2.24) is 5.32 Å². The van der Waals surface area contributed by atoms with Crippen LogP contribution in [0.5, 0.6) is 0 Å². The monoisotopic (exact) mass is 225 g/mol. The lowest BCUT2D eigenvalue weighted by Gasteiger charge is -2.30. The Hall–Kier alpha value is -0.290. The Balaban J connectivity index is 2.24. The molecule has 1 saturated carbocycles. The molecule has 0 spiro atoms. The minimum atomic E-state index is -4.48. The minimum Gasteiger partial charge on any atom is -0.312 e. The molecule has 0 bridgehead atoms. The Kier molecular flexibility index (Phi) is 4.40. The zero-order valence-electron chi connectivity index (χ0n) is 9.10. The first-order valence-corrected chi connectivity index (χ1v) is 5.37. The van der Waals surface area contributed by atoms with Crippen LogP contribution in [0.2, 0.25) is 0 Å². The predicted molar refractivity (Wildman–Crippen MR) is 51.5 cm³/mol. The van der Waals surface area contributed by atoms with Crippen LogP contribution in [0.15, 0.2) is 0 Å². The number of hydrogen-bond acceptors (Lipinski definition) is 2. The smallest absolute Gasteiger partial charge is 0.312 e. The highest BCUT2D eigenvalue weighted by atomic mass is 19.4. The van der Waals surface area contributed by atoms with Gasteiger partial charge < -0.3 is 5.32 Å². The summed E-state index contributed by atoms with van der Waals surface area (Å²) in [5.41, 5.74) is 0. The lowest BCUT2D eigenvalue weighted by atomic mass is 9.92. The van der Waals surface area contributed by atoms with E-state index in [9.17, 15) is 13.2 Å². The summed E-state index contributed by atoms with van der Waals surface area (Å²) in [6.07, 6.45) is -2.62. The van der Waals surface area contributed by atoms with E-state index >= 15 is 0 Å².